The van der Waals surface area contributed by atoms with Crippen LogP contribution in [0.25, 0.3) is 5.57 Å². The first-order valence-corrected chi connectivity index (χ1v) is 21.0. The van der Waals surface area contributed by atoms with E-state index in [0.29, 0.717) is 41.3 Å². The average molecular weight is 796 g/mol. The molecule has 59 heavy (non-hydrogen) atoms. The molecular formula is C51H61N3O5. The molecule has 0 amide bonds. The number of nitrogens with two attached hydrogens (primary N) is 1. The second kappa shape index (κ2) is 23.7. The predicted molar refractivity (Wildman–Crippen MR) is 239 cm³/mol. The molecule has 0 aliphatic heterocycles. The SMILES string of the molecule is CNC[C@H](CCCCCC(=O)CC(=O)/C=C(\CO)c1cc(OC)c(O)cc1Cc1cnc(N)cc1CCc1cccc(CCc2ccccc2)c1)CCc1ccccc1. The largest absolute Gasteiger partial charge is 0.504 e. The highest BCUT2D eigenvalue weighted by Crippen LogP contribution is 2.35. The molecule has 5 rings (SSSR count). The molecule has 0 aliphatic carbocycles. The van der Waals surface area contributed by atoms with Crippen LogP contribution in [0.2, 0.25) is 0 Å². The molecule has 0 saturated carbocycles. The number of carbonyl (C=O) groups excluding carboxylic acids is 2. The molecule has 0 bridgehead atoms. The normalized spacial score (nSPS) is 12.0. The number of Topliss-reactive ketones (excluding diaryl/α,β-unsaturated/α-hetero) is 1. The van der Waals surface area contributed by atoms with E-state index in [1.54, 1.807) is 18.3 Å². The molecule has 0 spiro atoms. The van der Waals surface area contributed by atoms with Gasteiger partial charge in [0.1, 0.15) is 11.6 Å². The van der Waals surface area contributed by atoms with E-state index in [9.17, 15) is 19.8 Å². The van der Waals surface area contributed by atoms with Crippen molar-refractivity contribution in [1.82, 2.24) is 10.3 Å². The number of methoxy groups -OCH3 is 1. The maximum atomic E-state index is 13.3. The highest BCUT2D eigenvalue weighted by Gasteiger charge is 2.18. The smallest absolute Gasteiger partial charge is 0.163 e. The fraction of sp³-hybridized carbons (Fsp3) is 0.353. The quantitative estimate of drug-likeness (QED) is 0.0262. The van der Waals surface area contributed by atoms with Crippen molar-refractivity contribution in [1.29, 1.82) is 0 Å². The second-order valence-corrected chi connectivity index (χ2v) is 15.6. The number of phenolic OH excluding ortho intramolecular Hbond substituents is 1. The van der Waals surface area contributed by atoms with Gasteiger partial charge in [0.15, 0.2) is 17.3 Å². The van der Waals surface area contributed by atoms with E-state index in [4.69, 9.17) is 10.5 Å². The number of aromatic hydroxyl groups is 1. The molecule has 0 saturated heterocycles. The lowest BCUT2D eigenvalue weighted by molar-refractivity contribution is -0.124. The summed E-state index contributed by atoms with van der Waals surface area (Å²) < 4.78 is 5.43. The lowest BCUT2D eigenvalue weighted by Crippen LogP contribution is -2.19. The first kappa shape index (κ1) is 44.5. The molecule has 8 nitrogen and oxygen atoms in total. The van der Waals surface area contributed by atoms with Crippen LogP contribution in [0.4, 0.5) is 5.82 Å². The number of allylic oxidation sites excluding steroid dienone is 1. The van der Waals surface area contributed by atoms with Crippen molar-refractivity contribution in [2.45, 2.75) is 83.5 Å². The Morgan fingerprint density at radius 2 is 1.42 bits per heavy atom. The summed E-state index contributed by atoms with van der Waals surface area (Å²) in [5.41, 5.74) is 14.9. The van der Waals surface area contributed by atoms with Gasteiger partial charge in [0, 0.05) is 12.6 Å². The summed E-state index contributed by atoms with van der Waals surface area (Å²) in [6.45, 7) is 0.532. The summed E-state index contributed by atoms with van der Waals surface area (Å²) in [5, 5.41) is 24.7. The summed E-state index contributed by atoms with van der Waals surface area (Å²) in [7, 11) is 3.44. The van der Waals surface area contributed by atoms with Crippen LogP contribution in [0, 0.1) is 5.92 Å². The number of aryl methyl sites for hydroxylation is 5. The third kappa shape index (κ3) is 14.6. The minimum Gasteiger partial charge on any atom is -0.504 e. The number of hydrogen-bond donors (Lipinski definition) is 4. The van der Waals surface area contributed by atoms with Crippen LogP contribution in [-0.4, -0.2) is 54.1 Å². The number of benzene rings is 4. The van der Waals surface area contributed by atoms with Crippen molar-refractivity contribution in [2.24, 2.45) is 5.92 Å². The maximum absolute atomic E-state index is 13.3. The zero-order valence-electron chi connectivity index (χ0n) is 34.8. The number of rotatable bonds is 25. The van der Waals surface area contributed by atoms with E-state index in [0.717, 1.165) is 81.9 Å². The number of aliphatic hydroxyl groups is 1. The van der Waals surface area contributed by atoms with Gasteiger partial charge in [-0.1, -0.05) is 97.8 Å². The van der Waals surface area contributed by atoms with Gasteiger partial charge in [-0.15, -0.1) is 0 Å². The van der Waals surface area contributed by atoms with Gasteiger partial charge in [0.2, 0.25) is 0 Å². The Bertz CT molecular complexity index is 2120. The molecule has 0 aliphatic rings. The van der Waals surface area contributed by atoms with Crippen molar-refractivity contribution in [3.63, 3.8) is 0 Å². The topological polar surface area (TPSA) is 135 Å². The molecule has 310 valence electrons. The zero-order chi connectivity index (χ0) is 41.8. The molecule has 4 aromatic carbocycles. The average Bonchev–Trinajstić information content (AvgIpc) is 3.25. The van der Waals surface area contributed by atoms with E-state index >= 15 is 0 Å². The molecule has 0 fully saturated rings. The number of anilines is 1. The number of nitrogens with zero attached hydrogens (tertiary/aromatic N) is 1. The number of ether oxygens (including phenoxy) is 1. The standard InChI is InChI=1S/C51H61N3O5/c1-53-34-41(24-22-38-15-8-4-9-16-38)17-10-5-11-20-46(56)32-47(57)29-45(36-55)48-33-50(59-2)49(58)30-43(48)28-44-35-54-51(52)31-42(44)26-25-40-19-12-18-39(27-40)23-21-37-13-6-3-7-14-37/h3-4,6-9,12-16,18-19,27,29-31,33,35,41,53,55,58H,5,10-11,17,20-26,28,32,34,36H2,1-2H3,(H2,52,54)/b45-29+/t41-/m1/s1. The Labute approximate surface area is 350 Å². The monoisotopic (exact) mass is 795 g/mol. The van der Waals surface area contributed by atoms with Gasteiger partial charge >= 0.3 is 0 Å². The molecule has 1 heterocycles. The Morgan fingerprint density at radius 1 is 0.763 bits per heavy atom. The van der Waals surface area contributed by atoms with E-state index in [-0.39, 0.29) is 29.5 Å². The molecule has 5 N–H and O–H groups in total. The molecule has 0 radical (unpaired) electrons. The number of aromatic nitrogens is 1. The first-order chi connectivity index (χ1) is 28.7. The summed E-state index contributed by atoms with van der Waals surface area (Å²) >= 11 is 0. The fourth-order valence-electron chi connectivity index (χ4n) is 7.84. The van der Waals surface area contributed by atoms with Crippen molar-refractivity contribution >= 4 is 23.0 Å². The molecular weight excluding hydrogens is 735 g/mol. The van der Waals surface area contributed by atoms with Crippen LogP contribution < -0.4 is 15.8 Å². The van der Waals surface area contributed by atoms with E-state index in [1.807, 2.05) is 25.2 Å². The lowest BCUT2D eigenvalue weighted by atomic mass is 9.91. The molecule has 1 aromatic heterocycles. The highest BCUT2D eigenvalue weighted by molar-refractivity contribution is 6.07. The van der Waals surface area contributed by atoms with Crippen LogP contribution in [0.15, 0.2) is 115 Å². The van der Waals surface area contributed by atoms with Crippen LogP contribution in [0.3, 0.4) is 0 Å². The van der Waals surface area contributed by atoms with Gasteiger partial charge < -0.3 is 26.0 Å². The minimum absolute atomic E-state index is 0.0595. The van der Waals surface area contributed by atoms with Crippen molar-refractivity contribution in [2.75, 3.05) is 33.0 Å². The van der Waals surface area contributed by atoms with Crippen molar-refractivity contribution < 1.29 is 24.5 Å². The summed E-state index contributed by atoms with van der Waals surface area (Å²) in [6, 6.07) is 34.9. The first-order valence-electron chi connectivity index (χ1n) is 21.0. The number of carbonyl (C=O) groups is 2. The Kier molecular flexibility index (Phi) is 17.9. The highest BCUT2D eigenvalue weighted by atomic mass is 16.5. The third-order valence-corrected chi connectivity index (χ3v) is 11.1. The Hall–Kier alpha value is -5.57. The minimum atomic E-state index is -0.438. The zero-order valence-corrected chi connectivity index (χ0v) is 34.8. The number of pyridine rings is 1. The van der Waals surface area contributed by atoms with Gasteiger partial charge in [-0.25, -0.2) is 4.98 Å². The van der Waals surface area contributed by atoms with Gasteiger partial charge in [0.05, 0.1) is 20.1 Å². The summed E-state index contributed by atoms with van der Waals surface area (Å²) in [4.78, 5) is 30.6. The number of unbranched alkanes of at least 4 members (excludes halogenated alkanes) is 2. The van der Waals surface area contributed by atoms with Crippen LogP contribution in [-0.2, 0) is 48.1 Å². The number of hydrogen-bond acceptors (Lipinski definition) is 8. The summed E-state index contributed by atoms with van der Waals surface area (Å²) in [6.07, 6.45) is 13.0. The number of aliphatic hydroxyl groups excluding tert-OH is 1. The van der Waals surface area contributed by atoms with Gasteiger partial charge in [-0.2, -0.15) is 0 Å². The van der Waals surface area contributed by atoms with Gasteiger partial charge in [-0.05, 0) is 152 Å². The number of nitrogens with one attached hydrogen (secondary N) is 1. The lowest BCUT2D eigenvalue weighted by Gasteiger charge is -2.17. The van der Waals surface area contributed by atoms with E-state index in [1.165, 1.54) is 35.4 Å². The van der Waals surface area contributed by atoms with E-state index in [2.05, 4.69) is 83.1 Å². The predicted octanol–water partition coefficient (Wildman–Crippen LogP) is 8.86. The number of ketones is 2. The fourth-order valence-corrected chi connectivity index (χ4v) is 7.84. The van der Waals surface area contributed by atoms with E-state index < -0.39 is 6.61 Å². The molecule has 0 unspecified atom stereocenters. The van der Waals surface area contributed by atoms with Crippen LogP contribution in [0.1, 0.15) is 89.5 Å². The van der Waals surface area contributed by atoms with Gasteiger partial charge in [-0.3, -0.25) is 9.59 Å². The van der Waals surface area contributed by atoms with Crippen LogP contribution >= 0.6 is 0 Å². The Morgan fingerprint density at radius 3 is 2.10 bits per heavy atom. The van der Waals surface area contributed by atoms with Gasteiger partial charge in [0.25, 0.3) is 0 Å². The molecule has 1 atom stereocenters. The number of phenols is 1. The summed E-state index contributed by atoms with van der Waals surface area (Å²) in [5.74, 6) is 0.669. The maximum Gasteiger partial charge on any atom is 0.163 e. The Balaban J connectivity index is 1.20. The van der Waals surface area contributed by atoms with Crippen molar-refractivity contribution in [3.05, 3.63) is 160 Å². The number of nitrogen functional groups attached to an aromatic ring is 1. The third-order valence-electron chi connectivity index (χ3n) is 11.1. The molecule has 5 aromatic rings. The molecule has 8 heteroatoms. The van der Waals surface area contributed by atoms with Crippen molar-refractivity contribution in [3.8, 4) is 11.5 Å². The van der Waals surface area contributed by atoms with Crippen LogP contribution in [0.5, 0.6) is 11.5 Å². The second-order valence-electron chi connectivity index (χ2n) is 15.6.